The first kappa shape index (κ1) is 12.4. The number of nitrogens with one attached hydrogen (secondary N) is 1. The molecule has 1 aliphatic rings. The Hall–Kier alpha value is -0.630. The van der Waals surface area contributed by atoms with Crippen LogP contribution in [-0.4, -0.2) is 49.3 Å². The lowest BCUT2D eigenvalue weighted by Gasteiger charge is -2.33. The van der Waals surface area contributed by atoms with Crippen molar-refractivity contribution in [2.24, 2.45) is 0 Å². The Labute approximate surface area is 92.2 Å². The number of hydrogen-bond donors (Lipinski definition) is 1. The lowest BCUT2D eigenvalue weighted by molar-refractivity contribution is -0.0250. The molecule has 1 N–H and O–H groups in total. The van der Waals surface area contributed by atoms with Crippen LogP contribution in [0.4, 0.5) is 0 Å². The van der Waals surface area contributed by atoms with Gasteiger partial charge in [-0.15, -0.1) is 0 Å². The van der Waals surface area contributed by atoms with Gasteiger partial charge in [0.1, 0.15) is 0 Å². The molecule has 1 fully saturated rings. The van der Waals surface area contributed by atoms with Gasteiger partial charge < -0.3 is 10.1 Å². The Morgan fingerprint density at radius 1 is 1.53 bits per heavy atom. The summed E-state index contributed by atoms with van der Waals surface area (Å²) in [6.45, 7) is 10.3. The molecule has 0 bridgehead atoms. The van der Waals surface area contributed by atoms with Crippen molar-refractivity contribution in [3.63, 3.8) is 0 Å². The Morgan fingerprint density at radius 3 is 2.87 bits per heavy atom. The lowest BCUT2D eigenvalue weighted by atomic mass is 10.1. The van der Waals surface area contributed by atoms with Crippen LogP contribution in [-0.2, 0) is 4.74 Å². The van der Waals surface area contributed by atoms with E-state index in [1.807, 2.05) is 0 Å². The van der Waals surface area contributed by atoms with Gasteiger partial charge in [-0.3, -0.25) is 4.90 Å². The van der Waals surface area contributed by atoms with Gasteiger partial charge in [0.2, 0.25) is 0 Å². The molecule has 4 heteroatoms. The predicted octanol–water partition coefficient (Wildman–Crippen LogP) is 0.599. The van der Waals surface area contributed by atoms with E-state index in [-0.39, 0.29) is 11.6 Å². The van der Waals surface area contributed by atoms with Crippen molar-refractivity contribution < 1.29 is 4.74 Å². The first-order valence-corrected chi connectivity index (χ1v) is 5.47. The molecule has 1 aliphatic heterocycles. The van der Waals surface area contributed by atoms with Crippen LogP contribution in [0, 0.1) is 11.3 Å². The molecular formula is C11H21N3O. The van der Waals surface area contributed by atoms with Crippen molar-refractivity contribution in [3.05, 3.63) is 0 Å². The van der Waals surface area contributed by atoms with Crippen molar-refractivity contribution in [1.29, 1.82) is 5.26 Å². The molecule has 0 aliphatic carbocycles. The second-order valence-electron chi connectivity index (χ2n) is 5.02. The third-order valence-electron chi connectivity index (χ3n) is 2.38. The highest BCUT2D eigenvalue weighted by molar-refractivity contribution is 4.83. The van der Waals surface area contributed by atoms with Crippen molar-refractivity contribution in [2.45, 2.75) is 32.4 Å². The van der Waals surface area contributed by atoms with Crippen molar-refractivity contribution in [1.82, 2.24) is 10.2 Å². The molecule has 0 aromatic rings. The molecule has 86 valence electrons. The monoisotopic (exact) mass is 211 g/mol. The van der Waals surface area contributed by atoms with E-state index in [0.29, 0.717) is 6.54 Å². The average molecular weight is 211 g/mol. The molecule has 0 radical (unpaired) electrons. The van der Waals surface area contributed by atoms with Crippen LogP contribution in [0.2, 0.25) is 0 Å². The smallest absolute Gasteiger partial charge is 0.0867 e. The van der Waals surface area contributed by atoms with Gasteiger partial charge in [0, 0.05) is 25.2 Å². The van der Waals surface area contributed by atoms with Crippen LogP contribution in [0.25, 0.3) is 0 Å². The van der Waals surface area contributed by atoms with E-state index in [9.17, 15) is 0 Å². The standard InChI is InChI=1S/C11H21N3O/c1-11(2,3)13-8-10-9-14(5-4-12)6-7-15-10/h10,13H,5-9H2,1-3H3. The normalized spacial score (nSPS) is 23.7. The summed E-state index contributed by atoms with van der Waals surface area (Å²) in [5, 5.41) is 12.0. The minimum atomic E-state index is 0.126. The maximum atomic E-state index is 8.62. The number of nitrogens with zero attached hydrogens (tertiary/aromatic N) is 2. The molecule has 15 heavy (non-hydrogen) atoms. The zero-order valence-corrected chi connectivity index (χ0v) is 9.92. The number of morpholine rings is 1. The molecule has 1 saturated heterocycles. The highest BCUT2D eigenvalue weighted by Crippen LogP contribution is 2.06. The van der Waals surface area contributed by atoms with Crippen molar-refractivity contribution in [2.75, 3.05) is 32.8 Å². The molecule has 1 atom stereocenters. The van der Waals surface area contributed by atoms with Gasteiger partial charge in [0.15, 0.2) is 0 Å². The Bertz CT molecular complexity index is 229. The van der Waals surface area contributed by atoms with Crippen LogP contribution in [0.3, 0.4) is 0 Å². The van der Waals surface area contributed by atoms with Gasteiger partial charge >= 0.3 is 0 Å². The van der Waals surface area contributed by atoms with Gasteiger partial charge in [0.05, 0.1) is 25.3 Å². The van der Waals surface area contributed by atoms with Crippen LogP contribution >= 0.6 is 0 Å². The van der Waals surface area contributed by atoms with Crippen LogP contribution in [0.15, 0.2) is 0 Å². The number of hydrogen-bond acceptors (Lipinski definition) is 4. The third kappa shape index (κ3) is 5.12. The SMILES string of the molecule is CC(C)(C)NCC1CN(CC#N)CCO1. The molecule has 1 rings (SSSR count). The summed E-state index contributed by atoms with van der Waals surface area (Å²) < 4.78 is 5.64. The second-order valence-corrected chi connectivity index (χ2v) is 5.02. The van der Waals surface area contributed by atoms with E-state index in [1.165, 1.54) is 0 Å². The molecule has 0 saturated carbocycles. The van der Waals surface area contributed by atoms with E-state index in [1.54, 1.807) is 0 Å². The quantitative estimate of drug-likeness (QED) is 0.694. The number of nitriles is 1. The second kappa shape index (κ2) is 5.45. The maximum absolute atomic E-state index is 8.62. The topological polar surface area (TPSA) is 48.3 Å². The molecule has 1 unspecified atom stereocenters. The van der Waals surface area contributed by atoms with Gasteiger partial charge in [-0.25, -0.2) is 0 Å². The molecule has 0 aromatic carbocycles. The zero-order chi connectivity index (χ0) is 11.3. The Morgan fingerprint density at radius 2 is 2.27 bits per heavy atom. The van der Waals surface area contributed by atoms with Crippen molar-refractivity contribution >= 4 is 0 Å². The van der Waals surface area contributed by atoms with Gasteiger partial charge in [-0.05, 0) is 20.8 Å². The van der Waals surface area contributed by atoms with E-state index < -0.39 is 0 Å². The van der Waals surface area contributed by atoms with Crippen LogP contribution < -0.4 is 5.32 Å². The van der Waals surface area contributed by atoms with E-state index in [4.69, 9.17) is 10.00 Å². The summed E-state index contributed by atoms with van der Waals surface area (Å²) in [6.07, 6.45) is 0.214. The lowest BCUT2D eigenvalue weighted by Crippen LogP contribution is -2.49. The molecule has 4 nitrogen and oxygen atoms in total. The summed E-state index contributed by atoms with van der Waals surface area (Å²) in [5.41, 5.74) is 0.126. The van der Waals surface area contributed by atoms with Crippen molar-refractivity contribution in [3.8, 4) is 6.07 Å². The van der Waals surface area contributed by atoms with Gasteiger partial charge in [-0.2, -0.15) is 5.26 Å². The van der Waals surface area contributed by atoms with E-state index in [0.717, 1.165) is 26.2 Å². The Kier molecular flexibility index (Phi) is 4.52. The first-order valence-electron chi connectivity index (χ1n) is 5.47. The summed E-state index contributed by atoms with van der Waals surface area (Å²) in [7, 11) is 0. The molecule has 0 amide bonds. The third-order valence-corrected chi connectivity index (χ3v) is 2.38. The minimum absolute atomic E-state index is 0.126. The first-order chi connectivity index (χ1) is 7.01. The Balaban J connectivity index is 2.28. The zero-order valence-electron chi connectivity index (χ0n) is 9.92. The minimum Gasteiger partial charge on any atom is -0.374 e. The largest absolute Gasteiger partial charge is 0.374 e. The van der Waals surface area contributed by atoms with Crippen LogP contribution in [0.5, 0.6) is 0 Å². The summed E-state index contributed by atoms with van der Waals surface area (Å²) in [6, 6.07) is 2.18. The molecule has 1 heterocycles. The van der Waals surface area contributed by atoms with Crippen LogP contribution in [0.1, 0.15) is 20.8 Å². The molecular weight excluding hydrogens is 190 g/mol. The fourth-order valence-corrected chi connectivity index (χ4v) is 1.57. The number of rotatable bonds is 3. The fraction of sp³-hybridized carbons (Fsp3) is 0.909. The van der Waals surface area contributed by atoms with E-state index in [2.05, 4.69) is 37.1 Å². The highest BCUT2D eigenvalue weighted by atomic mass is 16.5. The fourth-order valence-electron chi connectivity index (χ4n) is 1.57. The average Bonchev–Trinajstić information content (AvgIpc) is 2.15. The molecule has 0 spiro atoms. The summed E-state index contributed by atoms with van der Waals surface area (Å²) in [5.74, 6) is 0. The van der Waals surface area contributed by atoms with E-state index >= 15 is 0 Å². The summed E-state index contributed by atoms with van der Waals surface area (Å²) in [4.78, 5) is 2.14. The molecule has 0 aromatic heterocycles. The summed E-state index contributed by atoms with van der Waals surface area (Å²) >= 11 is 0. The highest BCUT2D eigenvalue weighted by Gasteiger charge is 2.21. The van der Waals surface area contributed by atoms with Gasteiger partial charge in [-0.1, -0.05) is 0 Å². The number of ether oxygens (including phenoxy) is 1. The maximum Gasteiger partial charge on any atom is 0.0867 e. The van der Waals surface area contributed by atoms with Gasteiger partial charge in [0.25, 0.3) is 0 Å². The predicted molar refractivity (Wildman–Crippen MR) is 59.5 cm³/mol.